The summed E-state index contributed by atoms with van der Waals surface area (Å²) in [5.41, 5.74) is 0. The summed E-state index contributed by atoms with van der Waals surface area (Å²) < 4.78 is 0. The Morgan fingerprint density at radius 1 is 0.407 bits per heavy atom. The molecule has 0 fully saturated rings. The molecule has 0 spiro atoms. The van der Waals surface area contributed by atoms with Crippen LogP contribution >= 0.6 is 0 Å². The largest absolute Gasteiger partial charge is 0.394 e. The molecule has 6 nitrogen and oxygen atoms in total. The normalized spacial score (nSPS) is 14.1. The van der Waals surface area contributed by atoms with Crippen LogP contribution in [-0.2, 0) is 4.79 Å². The molecule has 0 heterocycles. The van der Waals surface area contributed by atoms with Crippen LogP contribution < -0.4 is 5.32 Å². The van der Waals surface area contributed by atoms with Crippen LogP contribution in [0.5, 0.6) is 0 Å². The second kappa shape index (κ2) is 47.8. The molecule has 0 saturated heterocycles. The molecule has 0 rings (SSSR count). The van der Waals surface area contributed by atoms with Crippen molar-refractivity contribution < 1.29 is 25.2 Å². The van der Waals surface area contributed by atoms with E-state index < -0.39 is 36.9 Å². The van der Waals surface area contributed by atoms with Gasteiger partial charge in [-0.2, -0.15) is 0 Å². The smallest absolute Gasteiger partial charge is 0.249 e. The summed E-state index contributed by atoms with van der Waals surface area (Å²) in [6, 6.07) is -1.01. The Labute approximate surface area is 367 Å². The molecule has 4 atom stereocenters. The third-order valence-electron chi connectivity index (χ3n) is 12.4. The number of amides is 1. The maximum Gasteiger partial charge on any atom is 0.249 e. The number of carbonyl (C=O) groups excluding carboxylic acids is 1. The van der Waals surface area contributed by atoms with Gasteiger partial charge in [0.05, 0.1) is 18.8 Å². The van der Waals surface area contributed by atoms with Gasteiger partial charge < -0.3 is 25.7 Å². The zero-order chi connectivity index (χ0) is 43.1. The fourth-order valence-electron chi connectivity index (χ4n) is 8.25. The van der Waals surface area contributed by atoms with Crippen molar-refractivity contribution in [2.24, 2.45) is 0 Å². The first-order chi connectivity index (χ1) is 29.0. The summed E-state index contributed by atoms with van der Waals surface area (Å²) in [5, 5.41) is 43.8. The standard InChI is InChI=1S/C53H103NO5/c1-3-5-7-9-11-13-15-17-19-21-23-24-25-26-27-28-29-31-32-34-36-38-40-42-44-46-50(56)52(58)49(48-55)54-53(59)51(57)47-45-43-41-39-37-35-33-30-22-20-18-16-14-12-10-8-6-4-2/h31-32,38,40,49-52,55-58H,3-30,33-37,39,41-48H2,1-2H3,(H,54,59)/b32-31+,40-38+. The van der Waals surface area contributed by atoms with E-state index in [-0.39, 0.29) is 0 Å². The predicted molar refractivity (Wildman–Crippen MR) is 256 cm³/mol. The number of aliphatic hydroxyl groups excluding tert-OH is 4. The topological polar surface area (TPSA) is 110 Å². The molecule has 0 aliphatic carbocycles. The van der Waals surface area contributed by atoms with Gasteiger partial charge in [0, 0.05) is 0 Å². The van der Waals surface area contributed by atoms with Gasteiger partial charge in [0.25, 0.3) is 0 Å². The lowest BCUT2D eigenvalue weighted by atomic mass is 10.00. The monoisotopic (exact) mass is 834 g/mol. The van der Waals surface area contributed by atoms with Gasteiger partial charge in [-0.1, -0.05) is 250 Å². The molecule has 0 aromatic carbocycles. The van der Waals surface area contributed by atoms with Gasteiger partial charge in [-0.25, -0.2) is 0 Å². The first kappa shape index (κ1) is 57.8. The first-order valence-electron chi connectivity index (χ1n) is 26.2. The van der Waals surface area contributed by atoms with E-state index >= 15 is 0 Å². The molecular formula is C53H103NO5. The lowest BCUT2D eigenvalue weighted by Gasteiger charge is -2.27. The van der Waals surface area contributed by atoms with Gasteiger partial charge in [0.15, 0.2) is 0 Å². The Bertz CT molecular complexity index is 893. The quantitative estimate of drug-likeness (QED) is 0.0310. The van der Waals surface area contributed by atoms with Crippen LogP contribution in [0.15, 0.2) is 24.3 Å². The minimum absolute atomic E-state index is 0.364. The van der Waals surface area contributed by atoms with E-state index in [0.29, 0.717) is 19.3 Å². The lowest BCUT2D eigenvalue weighted by Crippen LogP contribution is -2.53. The Morgan fingerprint density at radius 3 is 1.07 bits per heavy atom. The van der Waals surface area contributed by atoms with Gasteiger partial charge in [-0.05, 0) is 51.4 Å². The molecule has 350 valence electrons. The molecular weight excluding hydrogens is 731 g/mol. The number of unbranched alkanes of at least 4 members (excludes halogenated alkanes) is 35. The fourth-order valence-corrected chi connectivity index (χ4v) is 8.25. The lowest BCUT2D eigenvalue weighted by molar-refractivity contribution is -0.132. The first-order valence-corrected chi connectivity index (χ1v) is 26.2. The number of carbonyl (C=O) groups is 1. The number of hydrogen-bond donors (Lipinski definition) is 5. The summed E-state index contributed by atoms with van der Waals surface area (Å²) in [4.78, 5) is 12.6. The molecule has 5 N–H and O–H groups in total. The van der Waals surface area contributed by atoms with Gasteiger partial charge >= 0.3 is 0 Å². The second-order valence-corrected chi connectivity index (χ2v) is 18.2. The van der Waals surface area contributed by atoms with Crippen LogP contribution in [0.25, 0.3) is 0 Å². The highest BCUT2D eigenvalue weighted by Gasteiger charge is 2.28. The Hall–Kier alpha value is -1.21. The predicted octanol–water partition coefficient (Wildman–Crippen LogP) is 14.7. The highest BCUT2D eigenvalue weighted by Crippen LogP contribution is 2.17. The van der Waals surface area contributed by atoms with Crippen LogP contribution in [-0.4, -0.2) is 57.3 Å². The van der Waals surface area contributed by atoms with Crippen molar-refractivity contribution in [3.63, 3.8) is 0 Å². The molecule has 0 saturated carbocycles. The molecule has 0 radical (unpaired) electrons. The van der Waals surface area contributed by atoms with Crippen LogP contribution in [0.1, 0.15) is 277 Å². The molecule has 4 unspecified atom stereocenters. The van der Waals surface area contributed by atoms with E-state index in [0.717, 1.165) is 38.5 Å². The highest BCUT2D eigenvalue weighted by atomic mass is 16.3. The molecule has 0 aliphatic heterocycles. The molecule has 0 bridgehead atoms. The van der Waals surface area contributed by atoms with Gasteiger partial charge in [0.1, 0.15) is 12.2 Å². The van der Waals surface area contributed by atoms with Crippen LogP contribution in [0, 0.1) is 0 Å². The van der Waals surface area contributed by atoms with Crippen molar-refractivity contribution in [3.05, 3.63) is 24.3 Å². The summed E-state index contributed by atoms with van der Waals surface area (Å²) in [6.07, 6.45) is 56.6. The number of aliphatic hydroxyl groups is 4. The summed E-state index contributed by atoms with van der Waals surface area (Å²) >= 11 is 0. The van der Waals surface area contributed by atoms with E-state index in [1.165, 1.54) is 205 Å². The van der Waals surface area contributed by atoms with E-state index in [1.807, 2.05) is 0 Å². The maximum absolute atomic E-state index is 12.6. The van der Waals surface area contributed by atoms with E-state index in [1.54, 1.807) is 0 Å². The molecule has 59 heavy (non-hydrogen) atoms. The van der Waals surface area contributed by atoms with Crippen LogP contribution in [0.4, 0.5) is 0 Å². The van der Waals surface area contributed by atoms with Gasteiger partial charge in [0.2, 0.25) is 5.91 Å². The molecule has 1 amide bonds. The average molecular weight is 834 g/mol. The van der Waals surface area contributed by atoms with E-state index in [4.69, 9.17) is 0 Å². The van der Waals surface area contributed by atoms with Crippen molar-refractivity contribution in [1.29, 1.82) is 0 Å². The molecule has 0 aliphatic rings. The highest BCUT2D eigenvalue weighted by molar-refractivity contribution is 5.80. The number of hydrogen-bond acceptors (Lipinski definition) is 5. The van der Waals surface area contributed by atoms with Crippen molar-refractivity contribution >= 4 is 5.91 Å². The van der Waals surface area contributed by atoms with Gasteiger partial charge in [-0.3, -0.25) is 4.79 Å². The van der Waals surface area contributed by atoms with E-state index in [9.17, 15) is 25.2 Å². The average Bonchev–Trinajstić information content (AvgIpc) is 3.24. The summed E-state index contributed by atoms with van der Waals surface area (Å²) in [7, 11) is 0. The van der Waals surface area contributed by atoms with E-state index in [2.05, 4.69) is 43.5 Å². The van der Waals surface area contributed by atoms with Crippen molar-refractivity contribution in [2.45, 2.75) is 301 Å². The zero-order valence-corrected chi connectivity index (χ0v) is 39.5. The minimum Gasteiger partial charge on any atom is -0.394 e. The van der Waals surface area contributed by atoms with Crippen molar-refractivity contribution in [2.75, 3.05) is 6.61 Å². The minimum atomic E-state index is -1.29. The number of nitrogens with one attached hydrogen (secondary N) is 1. The maximum atomic E-state index is 12.6. The number of allylic oxidation sites excluding steroid dienone is 4. The third kappa shape index (κ3) is 41.9. The molecule has 0 aromatic heterocycles. The third-order valence-corrected chi connectivity index (χ3v) is 12.4. The zero-order valence-electron chi connectivity index (χ0n) is 39.5. The molecule has 6 heteroatoms. The summed E-state index contributed by atoms with van der Waals surface area (Å²) in [6.45, 7) is 4.07. The van der Waals surface area contributed by atoms with Crippen molar-refractivity contribution in [1.82, 2.24) is 5.32 Å². The second-order valence-electron chi connectivity index (χ2n) is 18.2. The SMILES string of the molecule is CCCCCCCCCCCCCCCCCC/C=C/CC/C=C/CCCC(O)C(O)C(CO)NC(=O)C(O)CCCCCCCCCCCCCCCCCCCC. The Balaban J connectivity index is 3.70. The summed E-state index contributed by atoms with van der Waals surface area (Å²) in [5.74, 6) is -0.593. The molecule has 0 aromatic rings. The Kier molecular flexibility index (Phi) is 46.9. The van der Waals surface area contributed by atoms with Crippen LogP contribution in [0.2, 0.25) is 0 Å². The van der Waals surface area contributed by atoms with Crippen LogP contribution in [0.3, 0.4) is 0 Å². The van der Waals surface area contributed by atoms with Gasteiger partial charge in [-0.15, -0.1) is 0 Å². The fraction of sp³-hybridized carbons (Fsp3) is 0.906. The Morgan fingerprint density at radius 2 is 0.712 bits per heavy atom. The van der Waals surface area contributed by atoms with Crippen molar-refractivity contribution in [3.8, 4) is 0 Å². The number of rotatable bonds is 48.